The summed E-state index contributed by atoms with van der Waals surface area (Å²) in [5.41, 5.74) is 3.40. The van der Waals surface area contributed by atoms with E-state index < -0.39 is 18.0 Å². The summed E-state index contributed by atoms with van der Waals surface area (Å²) >= 11 is 0. The molecule has 0 aliphatic heterocycles. The van der Waals surface area contributed by atoms with Crippen molar-refractivity contribution in [3.05, 3.63) is 143 Å². The van der Waals surface area contributed by atoms with E-state index in [4.69, 9.17) is 4.74 Å². The normalized spacial score (nSPS) is 11.4. The van der Waals surface area contributed by atoms with Crippen molar-refractivity contribution < 1.29 is 23.5 Å². The molecule has 1 unspecified atom stereocenters. The quantitative estimate of drug-likeness (QED) is 0.139. The van der Waals surface area contributed by atoms with Gasteiger partial charge in [-0.25, -0.2) is 9.18 Å². The van der Waals surface area contributed by atoms with Gasteiger partial charge in [-0.2, -0.15) is 0 Å². The van der Waals surface area contributed by atoms with Crippen molar-refractivity contribution in [1.82, 2.24) is 16.0 Å². The van der Waals surface area contributed by atoms with Gasteiger partial charge in [0.1, 0.15) is 18.5 Å². The van der Waals surface area contributed by atoms with Crippen LogP contribution >= 0.6 is 0 Å². The maximum absolute atomic E-state index is 13.4. The largest absolute Gasteiger partial charge is 0.445 e. The van der Waals surface area contributed by atoms with E-state index >= 15 is 0 Å². The number of amides is 3. The smallest absolute Gasteiger partial charge is 0.408 e. The number of ether oxygens (including phenoxy) is 1. The Hall–Kier alpha value is -4.98. The predicted octanol–water partition coefficient (Wildman–Crippen LogP) is 6.36. The Kier molecular flexibility index (Phi) is 12.5. The molecule has 0 saturated carbocycles. The number of carbonyl (C=O) groups is 3. The van der Waals surface area contributed by atoms with E-state index in [1.54, 1.807) is 6.07 Å². The van der Waals surface area contributed by atoms with Crippen LogP contribution in [0.15, 0.2) is 115 Å². The van der Waals surface area contributed by atoms with Gasteiger partial charge in [-0.1, -0.05) is 97.1 Å². The Balaban J connectivity index is 1.31. The van der Waals surface area contributed by atoms with Crippen molar-refractivity contribution in [2.45, 2.75) is 44.2 Å². The molecule has 0 fully saturated rings. The van der Waals surface area contributed by atoms with Crippen molar-refractivity contribution in [3.8, 4) is 0 Å². The van der Waals surface area contributed by atoms with Crippen LogP contribution in [0.1, 0.15) is 58.6 Å². The lowest BCUT2D eigenvalue weighted by Crippen LogP contribution is -2.47. The molecule has 3 N–H and O–H groups in total. The first kappa shape index (κ1) is 31.9. The first-order valence-electron chi connectivity index (χ1n) is 14.9. The van der Waals surface area contributed by atoms with Gasteiger partial charge in [0.25, 0.3) is 5.91 Å². The number of nitrogens with one attached hydrogen (secondary N) is 3. The first-order chi connectivity index (χ1) is 21.5. The highest BCUT2D eigenvalue weighted by Gasteiger charge is 2.22. The Bertz CT molecular complexity index is 1430. The van der Waals surface area contributed by atoms with Gasteiger partial charge in [0.15, 0.2) is 0 Å². The van der Waals surface area contributed by atoms with Crippen molar-refractivity contribution >= 4 is 17.9 Å². The lowest BCUT2D eigenvalue weighted by Gasteiger charge is -2.21. The van der Waals surface area contributed by atoms with Crippen LogP contribution in [0.4, 0.5) is 9.18 Å². The Labute approximate surface area is 257 Å². The maximum atomic E-state index is 13.4. The average molecular weight is 596 g/mol. The average Bonchev–Trinajstić information content (AvgIpc) is 3.06. The molecule has 8 heteroatoms. The van der Waals surface area contributed by atoms with E-state index in [1.807, 2.05) is 66.7 Å². The molecule has 0 spiro atoms. The minimum atomic E-state index is -0.816. The molecule has 1 atom stereocenters. The van der Waals surface area contributed by atoms with Gasteiger partial charge < -0.3 is 20.7 Å². The molecule has 0 aliphatic carbocycles. The Morgan fingerprint density at radius 1 is 0.682 bits per heavy atom. The molecule has 0 heterocycles. The number of carbonyl (C=O) groups excluding carboxylic acids is 3. The van der Waals surface area contributed by atoms with Gasteiger partial charge in [-0.15, -0.1) is 0 Å². The summed E-state index contributed by atoms with van der Waals surface area (Å²) in [6.07, 6.45) is 1.46. The van der Waals surface area contributed by atoms with E-state index in [2.05, 4.69) is 40.2 Å². The lowest BCUT2D eigenvalue weighted by molar-refractivity contribution is -0.123. The van der Waals surface area contributed by atoms with Crippen molar-refractivity contribution in [2.75, 3.05) is 13.1 Å². The topological polar surface area (TPSA) is 96.5 Å². The highest BCUT2D eigenvalue weighted by molar-refractivity contribution is 5.94. The minimum absolute atomic E-state index is 0.0863. The molecule has 3 amide bonds. The number of benzene rings is 4. The van der Waals surface area contributed by atoms with Crippen LogP contribution in [0.25, 0.3) is 0 Å². The highest BCUT2D eigenvalue weighted by Crippen LogP contribution is 2.27. The molecule has 4 aromatic rings. The Morgan fingerprint density at radius 3 is 1.95 bits per heavy atom. The van der Waals surface area contributed by atoms with Crippen molar-refractivity contribution in [1.29, 1.82) is 0 Å². The van der Waals surface area contributed by atoms with E-state index in [-0.39, 0.29) is 29.9 Å². The molecule has 7 nitrogen and oxygen atoms in total. The zero-order valence-electron chi connectivity index (χ0n) is 24.6. The lowest BCUT2D eigenvalue weighted by atomic mass is 9.88. The summed E-state index contributed by atoms with van der Waals surface area (Å²) < 4.78 is 18.8. The van der Waals surface area contributed by atoms with Crippen molar-refractivity contribution in [3.63, 3.8) is 0 Å². The van der Waals surface area contributed by atoms with Crippen LogP contribution in [-0.2, 0) is 16.1 Å². The molecule has 228 valence electrons. The number of unbranched alkanes of at least 4 members (excludes halogenated alkanes) is 1. The first-order valence-corrected chi connectivity index (χ1v) is 14.9. The fourth-order valence-corrected chi connectivity index (χ4v) is 4.94. The van der Waals surface area contributed by atoms with Gasteiger partial charge in [-0.05, 0) is 60.6 Å². The summed E-state index contributed by atoms with van der Waals surface area (Å²) in [6.45, 7) is 0.842. The van der Waals surface area contributed by atoms with Crippen LogP contribution in [0.3, 0.4) is 0 Å². The zero-order chi connectivity index (χ0) is 31.0. The van der Waals surface area contributed by atoms with Gasteiger partial charge in [-0.3, -0.25) is 9.59 Å². The zero-order valence-corrected chi connectivity index (χ0v) is 24.6. The summed E-state index contributed by atoms with van der Waals surface area (Å²) in [5.74, 6) is -1.05. The van der Waals surface area contributed by atoms with E-state index in [9.17, 15) is 18.8 Å². The summed E-state index contributed by atoms with van der Waals surface area (Å²) in [6, 6.07) is 34.3. The van der Waals surface area contributed by atoms with Gasteiger partial charge in [0.05, 0.1) is 0 Å². The maximum Gasteiger partial charge on any atom is 0.408 e. The summed E-state index contributed by atoms with van der Waals surface area (Å²) in [7, 11) is 0. The fraction of sp³-hybridized carbons (Fsp3) is 0.250. The SMILES string of the molecule is O=C(NC(CCCCNC(=O)c1cccc(F)c1)C(=O)NCCC(c1ccccc1)c1ccccc1)OCc1ccccc1. The Morgan fingerprint density at radius 2 is 1.32 bits per heavy atom. The molecule has 0 radical (unpaired) electrons. The summed E-state index contributed by atoms with van der Waals surface area (Å²) in [5, 5.41) is 8.49. The predicted molar refractivity (Wildman–Crippen MR) is 168 cm³/mol. The molecule has 0 aliphatic rings. The number of hydrogen-bond acceptors (Lipinski definition) is 4. The van der Waals surface area contributed by atoms with Gasteiger partial charge >= 0.3 is 6.09 Å². The molecule has 44 heavy (non-hydrogen) atoms. The van der Waals surface area contributed by atoms with E-state index in [0.29, 0.717) is 38.8 Å². The molecule has 4 rings (SSSR count). The monoisotopic (exact) mass is 595 g/mol. The number of hydrogen-bond donors (Lipinski definition) is 3. The van der Waals surface area contributed by atoms with Gasteiger partial charge in [0, 0.05) is 24.6 Å². The number of rotatable bonds is 15. The molecule has 4 aromatic carbocycles. The molecule has 0 aromatic heterocycles. The van der Waals surface area contributed by atoms with Crippen LogP contribution in [0.2, 0.25) is 0 Å². The van der Waals surface area contributed by atoms with E-state index in [1.165, 1.54) is 18.2 Å². The molecular weight excluding hydrogens is 557 g/mol. The van der Waals surface area contributed by atoms with Crippen LogP contribution in [0.5, 0.6) is 0 Å². The number of alkyl carbamates (subject to hydrolysis) is 1. The van der Waals surface area contributed by atoms with Crippen LogP contribution in [-0.4, -0.2) is 37.0 Å². The standard InChI is InChI=1S/C36H38FN3O4/c37-31-20-12-19-30(25-31)34(41)38-23-11-10-21-33(40-36(43)44-26-27-13-4-1-5-14-27)35(42)39-24-22-32(28-15-6-2-7-16-28)29-17-8-3-9-18-29/h1-9,12-20,25,32-33H,10-11,21-24,26H2,(H,38,41)(H,39,42)(H,40,43). The highest BCUT2D eigenvalue weighted by atomic mass is 19.1. The summed E-state index contributed by atoms with van der Waals surface area (Å²) in [4.78, 5) is 38.3. The second-order valence-corrected chi connectivity index (χ2v) is 10.5. The number of halogens is 1. The minimum Gasteiger partial charge on any atom is -0.445 e. The van der Waals surface area contributed by atoms with Gasteiger partial charge in [0.2, 0.25) is 5.91 Å². The second kappa shape index (κ2) is 17.2. The molecule has 0 saturated heterocycles. The third kappa shape index (κ3) is 10.4. The van der Waals surface area contributed by atoms with Crippen LogP contribution in [0, 0.1) is 5.82 Å². The third-order valence-corrected chi connectivity index (χ3v) is 7.25. The molecular formula is C36H38FN3O4. The molecule has 0 bridgehead atoms. The van der Waals surface area contributed by atoms with Crippen LogP contribution < -0.4 is 16.0 Å². The fourth-order valence-electron chi connectivity index (χ4n) is 4.94. The van der Waals surface area contributed by atoms with Crippen molar-refractivity contribution in [2.24, 2.45) is 0 Å². The van der Waals surface area contributed by atoms with E-state index in [0.717, 1.165) is 16.7 Å². The third-order valence-electron chi connectivity index (χ3n) is 7.25. The second-order valence-electron chi connectivity index (χ2n) is 10.5.